The van der Waals surface area contributed by atoms with E-state index >= 15 is 0 Å². The van der Waals surface area contributed by atoms with Crippen LogP contribution in [-0.2, 0) is 20.9 Å². The molecule has 0 radical (unpaired) electrons. The second-order valence-electron chi connectivity index (χ2n) is 7.36. The van der Waals surface area contributed by atoms with E-state index in [9.17, 15) is 9.59 Å². The number of esters is 1. The van der Waals surface area contributed by atoms with E-state index < -0.39 is 0 Å². The van der Waals surface area contributed by atoms with Gasteiger partial charge in [0.25, 0.3) is 0 Å². The number of nitrogens with zero attached hydrogens (tertiary/aromatic N) is 3. The van der Waals surface area contributed by atoms with Crippen molar-refractivity contribution >= 4 is 23.2 Å². The number of hydrogen-bond donors (Lipinski definition) is 0. The molecule has 0 saturated carbocycles. The molecule has 1 aliphatic rings. The van der Waals surface area contributed by atoms with Gasteiger partial charge in [-0.15, -0.1) is 11.3 Å². The molecule has 0 N–H and O–H groups in total. The molecule has 1 aromatic carbocycles. The summed E-state index contributed by atoms with van der Waals surface area (Å²) >= 11 is 1.57. The maximum atomic E-state index is 12.9. The zero-order valence-electron chi connectivity index (χ0n) is 17.0. The third kappa shape index (κ3) is 4.46. The van der Waals surface area contributed by atoms with Crippen LogP contribution in [0.25, 0.3) is 22.0 Å². The molecule has 0 bridgehead atoms. The molecular formula is C23H25N3O3S. The van der Waals surface area contributed by atoms with Crippen LogP contribution in [0, 0.1) is 5.92 Å². The number of ether oxygens (including phenoxy) is 1. The van der Waals surface area contributed by atoms with Gasteiger partial charge < -0.3 is 14.2 Å². The molecule has 0 unspecified atom stereocenters. The molecule has 1 fully saturated rings. The molecule has 3 heterocycles. The number of rotatable bonds is 6. The molecule has 1 atom stereocenters. The van der Waals surface area contributed by atoms with Gasteiger partial charge in [0.05, 0.1) is 23.9 Å². The molecule has 1 amide bonds. The Morgan fingerprint density at radius 2 is 2.03 bits per heavy atom. The van der Waals surface area contributed by atoms with Crippen LogP contribution in [-0.4, -0.2) is 46.0 Å². The first kappa shape index (κ1) is 20.3. The van der Waals surface area contributed by atoms with Crippen molar-refractivity contribution in [1.82, 2.24) is 14.5 Å². The van der Waals surface area contributed by atoms with E-state index in [4.69, 9.17) is 9.72 Å². The molecule has 30 heavy (non-hydrogen) atoms. The minimum Gasteiger partial charge on any atom is -0.466 e. The normalized spacial score (nSPS) is 16.4. The lowest BCUT2D eigenvalue weighted by atomic mass is 9.98. The van der Waals surface area contributed by atoms with Gasteiger partial charge in [-0.3, -0.25) is 9.59 Å². The van der Waals surface area contributed by atoms with Crippen molar-refractivity contribution in [1.29, 1.82) is 0 Å². The van der Waals surface area contributed by atoms with E-state index in [0.717, 1.165) is 34.8 Å². The molecule has 7 heteroatoms. The summed E-state index contributed by atoms with van der Waals surface area (Å²) in [7, 11) is 0. The van der Waals surface area contributed by atoms with Gasteiger partial charge in [-0.1, -0.05) is 30.3 Å². The monoisotopic (exact) mass is 423 g/mol. The number of carbonyl (C=O) groups excluding carboxylic acids is 2. The molecule has 0 spiro atoms. The summed E-state index contributed by atoms with van der Waals surface area (Å²) in [5.74, 6) is -0.409. The summed E-state index contributed by atoms with van der Waals surface area (Å²) in [6, 6.07) is 14.0. The number of carbonyl (C=O) groups is 2. The van der Waals surface area contributed by atoms with Gasteiger partial charge in [0.1, 0.15) is 11.6 Å². The van der Waals surface area contributed by atoms with Crippen molar-refractivity contribution in [3.05, 3.63) is 54.0 Å². The Balaban J connectivity index is 1.46. The Morgan fingerprint density at radius 3 is 2.83 bits per heavy atom. The van der Waals surface area contributed by atoms with Gasteiger partial charge >= 0.3 is 5.97 Å². The van der Waals surface area contributed by atoms with Crippen molar-refractivity contribution in [2.24, 2.45) is 5.92 Å². The maximum absolute atomic E-state index is 12.9. The first-order valence-corrected chi connectivity index (χ1v) is 11.1. The first-order valence-electron chi connectivity index (χ1n) is 10.3. The molecule has 1 aliphatic heterocycles. The zero-order valence-corrected chi connectivity index (χ0v) is 17.8. The fraction of sp³-hybridized carbons (Fsp3) is 0.348. The molecule has 4 rings (SSSR count). The second kappa shape index (κ2) is 9.26. The number of amides is 1. The van der Waals surface area contributed by atoms with Crippen LogP contribution in [0.5, 0.6) is 0 Å². The lowest BCUT2D eigenvalue weighted by Gasteiger charge is -2.31. The Kier molecular flexibility index (Phi) is 6.28. The van der Waals surface area contributed by atoms with E-state index in [1.165, 1.54) is 0 Å². The standard InChI is InChI=1S/C23H25N3O3S/c1-2-29-23(28)18-10-6-13-26(14-18)21(27)15-25-12-7-11-20(25)22-24-19(16-30-22)17-8-4-3-5-9-17/h3-5,7-9,11-12,16,18H,2,6,10,13-15H2,1H3/t18-/m1/s1. The minimum absolute atomic E-state index is 0.0151. The number of benzene rings is 1. The van der Waals surface area contributed by atoms with Gasteiger partial charge in [0.2, 0.25) is 5.91 Å². The summed E-state index contributed by atoms with van der Waals surface area (Å²) in [5.41, 5.74) is 2.94. The fourth-order valence-corrected chi connectivity index (χ4v) is 4.65. The average molecular weight is 424 g/mol. The number of piperidine rings is 1. The average Bonchev–Trinajstić information content (AvgIpc) is 3.44. The predicted molar refractivity (Wildman–Crippen MR) is 117 cm³/mol. The number of aromatic nitrogens is 2. The van der Waals surface area contributed by atoms with Crippen LogP contribution in [0.3, 0.4) is 0 Å². The van der Waals surface area contributed by atoms with Gasteiger partial charge in [0, 0.05) is 30.2 Å². The zero-order chi connectivity index (χ0) is 20.9. The lowest BCUT2D eigenvalue weighted by Crippen LogP contribution is -2.44. The largest absolute Gasteiger partial charge is 0.466 e. The first-order chi connectivity index (χ1) is 14.7. The van der Waals surface area contributed by atoms with Gasteiger partial charge in [-0.05, 0) is 31.9 Å². The molecule has 3 aromatic rings. The molecule has 6 nitrogen and oxygen atoms in total. The molecule has 156 valence electrons. The van der Waals surface area contributed by atoms with E-state index in [-0.39, 0.29) is 24.3 Å². The summed E-state index contributed by atoms with van der Waals surface area (Å²) in [5, 5.41) is 2.92. The Morgan fingerprint density at radius 1 is 1.20 bits per heavy atom. The summed E-state index contributed by atoms with van der Waals surface area (Å²) < 4.78 is 7.08. The van der Waals surface area contributed by atoms with Crippen LogP contribution >= 0.6 is 11.3 Å². The lowest BCUT2D eigenvalue weighted by molar-refractivity contribution is -0.151. The highest BCUT2D eigenvalue weighted by atomic mass is 32.1. The molecular weight excluding hydrogens is 398 g/mol. The quantitative estimate of drug-likeness (QED) is 0.561. The molecule has 2 aromatic heterocycles. The highest BCUT2D eigenvalue weighted by Crippen LogP contribution is 2.29. The molecule has 0 aliphatic carbocycles. The van der Waals surface area contributed by atoms with Crippen LogP contribution in [0.15, 0.2) is 54.0 Å². The van der Waals surface area contributed by atoms with Gasteiger partial charge in [-0.25, -0.2) is 4.98 Å². The Hall–Kier alpha value is -2.93. The van der Waals surface area contributed by atoms with Crippen LogP contribution < -0.4 is 0 Å². The third-order valence-electron chi connectivity index (χ3n) is 5.32. The number of likely N-dealkylation sites (tertiary alicyclic amines) is 1. The van der Waals surface area contributed by atoms with Crippen molar-refractivity contribution in [2.45, 2.75) is 26.3 Å². The van der Waals surface area contributed by atoms with E-state index in [1.54, 1.807) is 23.2 Å². The summed E-state index contributed by atoms with van der Waals surface area (Å²) in [6.45, 7) is 3.52. The number of hydrogen-bond acceptors (Lipinski definition) is 5. The van der Waals surface area contributed by atoms with Crippen LogP contribution in [0.4, 0.5) is 0 Å². The SMILES string of the molecule is CCOC(=O)[C@@H]1CCCN(C(=O)Cn2cccc2-c2nc(-c3ccccc3)cs2)C1. The molecule has 1 saturated heterocycles. The predicted octanol–water partition coefficient (Wildman–Crippen LogP) is 4.08. The highest BCUT2D eigenvalue weighted by Gasteiger charge is 2.29. The van der Waals surface area contributed by atoms with Crippen LogP contribution in [0.2, 0.25) is 0 Å². The van der Waals surface area contributed by atoms with E-state index in [2.05, 4.69) is 0 Å². The smallest absolute Gasteiger partial charge is 0.310 e. The van der Waals surface area contributed by atoms with Crippen molar-refractivity contribution < 1.29 is 14.3 Å². The van der Waals surface area contributed by atoms with Gasteiger partial charge in [0.15, 0.2) is 0 Å². The van der Waals surface area contributed by atoms with Crippen molar-refractivity contribution in [2.75, 3.05) is 19.7 Å². The van der Waals surface area contributed by atoms with Crippen molar-refractivity contribution in [3.8, 4) is 22.0 Å². The maximum Gasteiger partial charge on any atom is 0.310 e. The topological polar surface area (TPSA) is 64.4 Å². The third-order valence-corrected chi connectivity index (χ3v) is 6.19. The van der Waals surface area contributed by atoms with E-state index in [0.29, 0.717) is 19.7 Å². The van der Waals surface area contributed by atoms with Gasteiger partial charge in [-0.2, -0.15) is 0 Å². The minimum atomic E-state index is -0.223. The summed E-state index contributed by atoms with van der Waals surface area (Å²) in [6.07, 6.45) is 3.50. The fourth-order valence-electron chi connectivity index (χ4n) is 3.78. The second-order valence-corrected chi connectivity index (χ2v) is 8.21. The van der Waals surface area contributed by atoms with Crippen LogP contribution in [0.1, 0.15) is 19.8 Å². The Labute approximate surface area is 180 Å². The van der Waals surface area contributed by atoms with E-state index in [1.807, 2.05) is 58.6 Å². The Bertz CT molecular complexity index is 1010. The van der Waals surface area contributed by atoms with Crippen molar-refractivity contribution in [3.63, 3.8) is 0 Å². The highest BCUT2D eigenvalue weighted by molar-refractivity contribution is 7.13. The number of thiazole rings is 1. The summed E-state index contributed by atoms with van der Waals surface area (Å²) in [4.78, 5) is 31.6.